The lowest BCUT2D eigenvalue weighted by atomic mass is 9.82. The number of carbonyl (C=O) groups is 2. The zero-order valence-corrected chi connectivity index (χ0v) is 18.4. The van der Waals surface area contributed by atoms with Crippen LogP contribution in [0.3, 0.4) is 0 Å². The molecule has 1 heterocycles. The highest BCUT2D eigenvalue weighted by Crippen LogP contribution is 2.36. The van der Waals surface area contributed by atoms with Crippen molar-refractivity contribution in [3.8, 4) is 5.75 Å². The van der Waals surface area contributed by atoms with Gasteiger partial charge in [-0.15, -0.1) is 0 Å². The molecule has 0 bridgehead atoms. The van der Waals surface area contributed by atoms with Crippen LogP contribution in [0.25, 0.3) is 0 Å². The van der Waals surface area contributed by atoms with Gasteiger partial charge in [-0.1, -0.05) is 69.7 Å². The topological polar surface area (TPSA) is 52.6 Å². The van der Waals surface area contributed by atoms with Crippen LogP contribution >= 0.6 is 0 Å². The number of cyclic esters (lactones) is 1. The number of aryl methyl sites for hydroxylation is 2. The number of Topliss-reactive ketones (excluding diaryl/α,β-unsaturated/α-hetero) is 1. The molecular formula is C26H32O4. The van der Waals surface area contributed by atoms with Crippen LogP contribution in [0.1, 0.15) is 69.1 Å². The van der Waals surface area contributed by atoms with E-state index in [0.717, 1.165) is 24.0 Å². The van der Waals surface area contributed by atoms with Gasteiger partial charge in [0.25, 0.3) is 6.10 Å². The van der Waals surface area contributed by atoms with Gasteiger partial charge in [-0.2, -0.15) is 0 Å². The lowest BCUT2D eigenvalue weighted by Crippen LogP contribution is -2.52. The summed E-state index contributed by atoms with van der Waals surface area (Å²) in [5, 5.41) is 0. The highest BCUT2D eigenvalue weighted by molar-refractivity contribution is 6.04. The van der Waals surface area contributed by atoms with Crippen molar-refractivity contribution in [2.45, 2.75) is 77.4 Å². The van der Waals surface area contributed by atoms with E-state index in [-0.39, 0.29) is 18.1 Å². The fourth-order valence-corrected chi connectivity index (χ4v) is 4.18. The first-order valence-electron chi connectivity index (χ1n) is 10.9. The maximum Gasteiger partial charge on any atom is 0.355 e. The molecule has 0 amide bonds. The standard InChI is InChI=1S/C26H32O4/c1-5-14-26(15-13-20-9-7-6-8-10-20)17-22(27)24(25(28)30-26)29-23-16-19(4)11-12-21(23)18(2)3/h6-12,16,18,24H,5,13-15,17H2,1-4H3. The van der Waals surface area contributed by atoms with E-state index in [2.05, 4.69) is 26.0 Å². The summed E-state index contributed by atoms with van der Waals surface area (Å²) in [7, 11) is 0. The number of carbonyl (C=O) groups excluding carboxylic acids is 2. The first-order valence-corrected chi connectivity index (χ1v) is 10.9. The molecule has 2 atom stereocenters. The van der Waals surface area contributed by atoms with Crippen molar-refractivity contribution in [3.05, 3.63) is 65.2 Å². The molecule has 0 radical (unpaired) electrons. The average Bonchev–Trinajstić information content (AvgIpc) is 2.70. The van der Waals surface area contributed by atoms with E-state index in [1.165, 1.54) is 5.56 Å². The number of esters is 1. The quantitative estimate of drug-likeness (QED) is 0.424. The Balaban J connectivity index is 1.77. The Kier molecular flexibility index (Phi) is 6.96. The Hall–Kier alpha value is -2.62. The number of hydrogen-bond acceptors (Lipinski definition) is 4. The third kappa shape index (κ3) is 5.10. The van der Waals surface area contributed by atoms with Gasteiger partial charge in [0, 0.05) is 0 Å². The van der Waals surface area contributed by atoms with Crippen LogP contribution in [0.4, 0.5) is 0 Å². The van der Waals surface area contributed by atoms with Crippen LogP contribution in [-0.2, 0) is 20.7 Å². The molecule has 0 aromatic heterocycles. The normalized spacial score (nSPS) is 21.6. The molecule has 30 heavy (non-hydrogen) atoms. The first-order chi connectivity index (χ1) is 14.3. The molecule has 0 saturated carbocycles. The van der Waals surface area contributed by atoms with Crippen LogP contribution in [0.5, 0.6) is 5.75 Å². The molecule has 0 aliphatic carbocycles. The second-order valence-corrected chi connectivity index (χ2v) is 8.68. The van der Waals surface area contributed by atoms with E-state index >= 15 is 0 Å². The van der Waals surface area contributed by atoms with Crippen molar-refractivity contribution in [2.75, 3.05) is 0 Å². The number of hydrogen-bond donors (Lipinski definition) is 0. The minimum atomic E-state index is -1.19. The molecule has 1 aliphatic rings. The fraction of sp³-hybridized carbons (Fsp3) is 0.462. The maximum absolute atomic E-state index is 13.1. The van der Waals surface area contributed by atoms with Crippen molar-refractivity contribution < 1.29 is 19.1 Å². The van der Waals surface area contributed by atoms with E-state index in [1.54, 1.807) is 0 Å². The van der Waals surface area contributed by atoms with Crippen LogP contribution in [-0.4, -0.2) is 23.5 Å². The second kappa shape index (κ2) is 9.46. The largest absolute Gasteiger partial charge is 0.470 e. The Bertz CT molecular complexity index is 867. The lowest BCUT2D eigenvalue weighted by Gasteiger charge is -2.38. The Morgan fingerprint density at radius 3 is 2.47 bits per heavy atom. The minimum Gasteiger partial charge on any atom is -0.470 e. The van der Waals surface area contributed by atoms with Gasteiger partial charge < -0.3 is 9.47 Å². The Labute approximate surface area is 179 Å². The molecular weight excluding hydrogens is 376 g/mol. The van der Waals surface area contributed by atoms with Crippen molar-refractivity contribution in [1.29, 1.82) is 0 Å². The summed E-state index contributed by atoms with van der Waals surface area (Å²) < 4.78 is 11.9. The van der Waals surface area contributed by atoms with Crippen LogP contribution in [0.2, 0.25) is 0 Å². The van der Waals surface area contributed by atoms with Gasteiger partial charge in [0.1, 0.15) is 11.4 Å². The van der Waals surface area contributed by atoms with Crippen LogP contribution in [0.15, 0.2) is 48.5 Å². The predicted molar refractivity (Wildman–Crippen MR) is 118 cm³/mol. The SMILES string of the molecule is CCCC1(CCc2ccccc2)CC(=O)C(Oc2cc(C)ccc2C(C)C)C(=O)O1. The van der Waals surface area contributed by atoms with E-state index in [9.17, 15) is 9.59 Å². The zero-order chi connectivity index (χ0) is 21.7. The van der Waals surface area contributed by atoms with Crippen LogP contribution < -0.4 is 4.74 Å². The van der Waals surface area contributed by atoms with Gasteiger partial charge in [0.15, 0.2) is 5.78 Å². The summed E-state index contributed by atoms with van der Waals surface area (Å²) in [6.07, 6.45) is 1.93. The predicted octanol–water partition coefficient (Wildman–Crippen LogP) is 5.55. The molecule has 1 saturated heterocycles. The molecule has 1 fully saturated rings. The molecule has 160 valence electrons. The van der Waals surface area contributed by atoms with Crippen molar-refractivity contribution in [1.82, 2.24) is 0 Å². The number of ketones is 1. The average molecular weight is 409 g/mol. The molecule has 2 unspecified atom stereocenters. The van der Waals surface area contributed by atoms with Crippen molar-refractivity contribution in [2.24, 2.45) is 0 Å². The van der Waals surface area contributed by atoms with Gasteiger partial charge in [0.05, 0.1) is 6.42 Å². The molecule has 3 rings (SSSR count). The van der Waals surface area contributed by atoms with Crippen molar-refractivity contribution >= 4 is 11.8 Å². The summed E-state index contributed by atoms with van der Waals surface area (Å²) in [5.41, 5.74) is 2.44. The molecule has 1 aliphatic heterocycles. The lowest BCUT2D eigenvalue weighted by molar-refractivity contribution is -0.183. The van der Waals surface area contributed by atoms with Gasteiger partial charge >= 0.3 is 5.97 Å². The fourth-order valence-electron chi connectivity index (χ4n) is 4.18. The van der Waals surface area contributed by atoms with Gasteiger partial charge in [-0.25, -0.2) is 4.79 Å². The van der Waals surface area contributed by atoms with Gasteiger partial charge in [-0.3, -0.25) is 4.79 Å². The molecule has 2 aromatic rings. The molecule has 4 nitrogen and oxygen atoms in total. The Morgan fingerprint density at radius 1 is 1.10 bits per heavy atom. The van der Waals surface area contributed by atoms with E-state index < -0.39 is 17.7 Å². The number of rotatable bonds is 8. The number of benzene rings is 2. The Morgan fingerprint density at radius 2 is 1.83 bits per heavy atom. The summed E-state index contributed by atoms with van der Waals surface area (Å²) in [6, 6.07) is 16.0. The second-order valence-electron chi connectivity index (χ2n) is 8.68. The summed E-state index contributed by atoms with van der Waals surface area (Å²) in [4.78, 5) is 26.0. The van der Waals surface area contributed by atoms with Gasteiger partial charge in [0.2, 0.25) is 0 Å². The summed E-state index contributed by atoms with van der Waals surface area (Å²) in [6.45, 7) is 8.14. The molecule has 0 N–H and O–H groups in total. The van der Waals surface area contributed by atoms with E-state index in [1.807, 2.05) is 50.2 Å². The molecule has 2 aromatic carbocycles. The monoisotopic (exact) mass is 408 g/mol. The minimum absolute atomic E-state index is 0.191. The zero-order valence-electron chi connectivity index (χ0n) is 18.4. The third-order valence-electron chi connectivity index (χ3n) is 5.77. The summed E-state index contributed by atoms with van der Waals surface area (Å²) >= 11 is 0. The maximum atomic E-state index is 13.1. The van der Waals surface area contributed by atoms with Gasteiger partial charge in [-0.05, 0) is 54.9 Å². The van der Waals surface area contributed by atoms with Crippen LogP contribution in [0, 0.1) is 6.92 Å². The van der Waals surface area contributed by atoms with E-state index in [4.69, 9.17) is 9.47 Å². The highest BCUT2D eigenvalue weighted by atomic mass is 16.6. The first kappa shape index (κ1) is 22.1. The molecule has 0 spiro atoms. The molecule has 4 heteroatoms. The van der Waals surface area contributed by atoms with Crippen molar-refractivity contribution in [3.63, 3.8) is 0 Å². The third-order valence-corrected chi connectivity index (χ3v) is 5.77. The summed E-state index contributed by atoms with van der Waals surface area (Å²) in [5.74, 6) is 0.0564. The number of ether oxygens (including phenoxy) is 2. The smallest absolute Gasteiger partial charge is 0.355 e. The van der Waals surface area contributed by atoms with E-state index in [0.29, 0.717) is 18.6 Å². The highest BCUT2D eigenvalue weighted by Gasteiger charge is 2.47.